The Morgan fingerprint density at radius 2 is 1.27 bits per heavy atom. The molecule has 1 atom stereocenters. The molecule has 6 heteroatoms. The number of hydrogen-bond donors (Lipinski definition) is 1. The van der Waals surface area contributed by atoms with Gasteiger partial charge in [-0.3, -0.25) is 4.98 Å². The lowest BCUT2D eigenvalue weighted by Crippen LogP contribution is -2.36. The van der Waals surface area contributed by atoms with Crippen molar-refractivity contribution in [2.45, 2.75) is 6.17 Å². The predicted molar refractivity (Wildman–Crippen MR) is 160 cm³/mol. The molecule has 0 aliphatic carbocycles. The third-order valence-electron chi connectivity index (χ3n) is 6.84. The summed E-state index contributed by atoms with van der Waals surface area (Å²) in [5.41, 5.74) is 5.36. The minimum absolute atomic E-state index is 0.427. The van der Waals surface area contributed by atoms with Crippen molar-refractivity contribution in [1.82, 2.24) is 20.3 Å². The van der Waals surface area contributed by atoms with Crippen molar-refractivity contribution in [1.29, 1.82) is 0 Å². The van der Waals surface area contributed by atoms with Gasteiger partial charge >= 0.3 is 0 Å². The first-order valence-corrected chi connectivity index (χ1v) is 13.1. The molecule has 40 heavy (non-hydrogen) atoms. The summed E-state index contributed by atoms with van der Waals surface area (Å²) in [6.45, 7) is 0. The fourth-order valence-corrected chi connectivity index (χ4v) is 4.88. The van der Waals surface area contributed by atoms with E-state index in [0.29, 0.717) is 23.2 Å². The van der Waals surface area contributed by atoms with Gasteiger partial charge in [0.1, 0.15) is 11.5 Å². The second-order valence-corrected chi connectivity index (χ2v) is 9.46. The minimum atomic E-state index is -0.427. The first-order valence-electron chi connectivity index (χ1n) is 13.1. The molecule has 6 nitrogen and oxygen atoms in total. The molecule has 1 N–H and O–H groups in total. The van der Waals surface area contributed by atoms with Crippen LogP contribution < -0.4 is 5.32 Å². The number of aromatic nitrogens is 3. The third kappa shape index (κ3) is 4.63. The topological polar surface area (TPSA) is 75.4 Å². The average Bonchev–Trinajstić information content (AvgIpc) is 3.05. The quantitative estimate of drug-likeness (QED) is 0.272. The predicted octanol–water partition coefficient (Wildman–Crippen LogP) is 6.85. The molecule has 6 aromatic rings. The van der Waals surface area contributed by atoms with Crippen molar-refractivity contribution in [3.05, 3.63) is 151 Å². The Labute approximate surface area is 231 Å². The van der Waals surface area contributed by atoms with Gasteiger partial charge in [-0.2, -0.15) is 0 Å². The summed E-state index contributed by atoms with van der Waals surface area (Å²) in [6.07, 6.45) is 3.13. The zero-order valence-corrected chi connectivity index (χ0v) is 21.5. The van der Waals surface area contributed by atoms with E-state index in [-0.39, 0.29) is 0 Å². The first-order chi connectivity index (χ1) is 19.8. The Morgan fingerprint density at radius 3 is 2.10 bits per heavy atom. The summed E-state index contributed by atoms with van der Waals surface area (Å²) in [4.78, 5) is 24.3. The monoisotopic (exact) mass is 516 g/mol. The van der Waals surface area contributed by atoms with Crippen molar-refractivity contribution in [2.75, 3.05) is 0 Å². The summed E-state index contributed by atoms with van der Waals surface area (Å²) in [5, 5.41) is 5.74. The Hall–Kier alpha value is -5.49. The fourth-order valence-electron chi connectivity index (χ4n) is 4.88. The van der Waals surface area contributed by atoms with Crippen LogP contribution in [0.15, 0.2) is 144 Å². The Bertz CT molecular complexity index is 1860. The number of aliphatic imine (C=N–C) groups is 2. The highest BCUT2D eigenvalue weighted by atomic mass is 15.2. The van der Waals surface area contributed by atoms with E-state index in [9.17, 15) is 0 Å². The van der Waals surface area contributed by atoms with Crippen LogP contribution in [0.1, 0.15) is 23.0 Å². The zero-order valence-electron chi connectivity index (χ0n) is 21.5. The molecule has 0 amide bonds. The molecule has 0 radical (unpaired) electrons. The molecular weight excluding hydrogens is 492 g/mol. The van der Waals surface area contributed by atoms with Crippen molar-refractivity contribution >= 4 is 22.4 Å². The molecule has 7 rings (SSSR count). The van der Waals surface area contributed by atoms with Crippen LogP contribution in [0, 0.1) is 0 Å². The molecule has 0 spiro atoms. The van der Waals surface area contributed by atoms with Gasteiger partial charge in [0.15, 0.2) is 17.8 Å². The van der Waals surface area contributed by atoms with Gasteiger partial charge in [0.2, 0.25) is 0 Å². The van der Waals surface area contributed by atoms with E-state index >= 15 is 0 Å². The van der Waals surface area contributed by atoms with Crippen molar-refractivity contribution in [3.8, 4) is 22.6 Å². The molecule has 2 aromatic heterocycles. The molecule has 4 aromatic carbocycles. The van der Waals surface area contributed by atoms with Gasteiger partial charge in [-0.15, -0.1) is 0 Å². The zero-order chi connectivity index (χ0) is 26.7. The summed E-state index contributed by atoms with van der Waals surface area (Å²) in [7, 11) is 0. The second-order valence-electron chi connectivity index (χ2n) is 9.46. The van der Waals surface area contributed by atoms with Crippen molar-refractivity contribution in [2.24, 2.45) is 9.98 Å². The Morgan fingerprint density at radius 1 is 0.575 bits per heavy atom. The smallest absolute Gasteiger partial charge is 0.169 e. The van der Waals surface area contributed by atoms with Gasteiger partial charge in [0.25, 0.3) is 0 Å². The Balaban J connectivity index is 1.42. The van der Waals surface area contributed by atoms with Crippen LogP contribution in [-0.2, 0) is 0 Å². The number of benzene rings is 4. The van der Waals surface area contributed by atoms with Crippen LogP contribution in [0.3, 0.4) is 0 Å². The minimum Gasteiger partial charge on any atom is -0.323 e. The van der Waals surface area contributed by atoms with Gasteiger partial charge in [0.05, 0.1) is 5.69 Å². The van der Waals surface area contributed by atoms with E-state index in [2.05, 4.69) is 52.8 Å². The lowest BCUT2D eigenvalue weighted by molar-refractivity contribution is 0.754. The van der Waals surface area contributed by atoms with E-state index in [1.807, 2.05) is 78.9 Å². The molecule has 0 bridgehead atoms. The van der Waals surface area contributed by atoms with Gasteiger partial charge in [-0.05, 0) is 34.5 Å². The lowest BCUT2D eigenvalue weighted by atomic mass is 10.0. The molecule has 3 heterocycles. The van der Waals surface area contributed by atoms with Gasteiger partial charge in [0, 0.05) is 29.1 Å². The van der Waals surface area contributed by atoms with Crippen LogP contribution in [0.4, 0.5) is 0 Å². The molecule has 1 aliphatic heterocycles. The normalized spacial score (nSPS) is 14.8. The van der Waals surface area contributed by atoms with Gasteiger partial charge in [-0.25, -0.2) is 20.0 Å². The highest BCUT2D eigenvalue weighted by Gasteiger charge is 2.23. The molecule has 0 saturated carbocycles. The SMILES string of the molecule is c1ccc(-c2nc(C3=NC(c4ccccc4)N=C(c4cccnc4)N3)cc(-c3cccc4ccccc34)n2)cc1. The molecular formula is C34H24N6. The third-order valence-corrected chi connectivity index (χ3v) is 6.84. The maximum atomic E-state index is 5.04. The summed E-state index contributed by atoms with van der Waals surface area (Å²) < 4.78 is 0. The maximum Gasteiger partial charge on any atom is 0.169 e. The summed E-state index contributed by atoms with van der Waals surface area (Å²) in [5.74, 6) is 1.95. The molecule has 1 aliphatic rings. The molecule has 190 valence electrons. The highest BCUT2D eigenvalue weighted by molar-refractivity contribution is 6.15. The standard InChI is InChI=1S/C34H24N6/c1-3-12-24(13-4-1)31-36-29(28-19-9-16-23-11-7-8-18-27(23)28)21-30(37-31)34-39-32(25-14-5-2-6-15-25)38-33(40-34)26-17-10-20-35-22-26/h1-22,32H,(H,38,39,40). The average molecular weight is 517 g/mol. The van der Waals surface area contributed by atoms with E-state index in [4.69, 9.17) is 20.0 Å². The lowest BCUT2D eigenvalue weighted by Gasteiger charge is -2.22. The van der Waals surface area contributed by atoms with E-state index in [1.54, 1.807) is 12.4 Å². The molecule has 1 unspecified atom stereocenters. The molecule has 0 saturated heterocycles. The largest absolute Gasteiger partial charge is 0.323 e. The van der Waals surface area contributed by atoms with Crippen LogP contribution >= 0.6 is 0 Å². The highest BCUT2D eigenvalue weighted by Crippen LogP contribution is 2.30. The number of fused-ring (bicyclic) bond motifs is 1. The number of amidine groups is 2. The second kappa shape index (κ2) is 10.3. The summed E-state index contributed by atoms with van der Waals surface area (Å²) >= 11 is 0. The summed E-state index contributed by atoms with van der Waals surface area (Å²) in [6, 6.07) is 40.7. The van der Waals surface area contributed by atoms with Gasteiger partial charge < -0.3 is 5.32 Å². The van der Waals surface area contributed by atoms with E-state index in [1.165, 1.54) is 0 Å². The number of rotatable bonds is 5. The Kier molecular flexibility index (Phi) is 6.11. The number of nitrogens with zero attached hydrogens (tertiary/aromatic N) is 5. The van der Waals surface area contributed by atoms with Crippen LogP contribution in [-0.4, -0.2) is 26.6 Å². The maximum absolute atomic E-state index is 5.04. The first kappa shape index (κ1) is 23.6. The van der Waals surface area contributed by atoms with Crippen molar-refractivity contribution in [3.63, 3.8) is 0 Å². The van der Waals surface area contributed by atoms with Crippen LogP contribution in [0.5, 0.6) is 0 Å². The fraction of sp³-hybridized carbons (Fsp3) is 0.0294. The number of nitrogens with one attached hydrogen (secondary N) is 1. The number of pyridine rings is 1. The van der Waals surface area contributed by atoms with E-state index < -0.39 is 6.17 Å². The van der Waals surface area contributed by atoms with E-state index in [0.717, 1.165) is 38.7 Å². The van der Waals surface area contributed by atoms with Crippen LogP contribution in [0.2, 0.25) is 0 Å². The van der Waals surface area contributed by atoms with Crippen LogP contribution in [0.25, 0.3) is 33.4 Å². The number of hydrogen-bond acceptors (Lipinski definition) is 6. The molecule has 0 fully saturated rings. The van der Waals surface area contributed by atoms with Gasteiger partial charge in [-0.1, -0.05) is 103 Å². The van der Waals surface area contributed by atoms with Crippen molar-refractivity contribution < 1.29 is 0 Å².